The summed E-state index contributed by atoms with van der Waals surface area (Å²) in [4.78, 5) is 11.1. The van der Waals surface area contributed by atoms with Gasteiger partial charge in [-0.05, 0) is 12.1 Å². The number of hydrogen-bond donors (Lipinski definition) is 0. The van der Waals surface area contributed by atoms with E-state index >= 15 is 0 Å². The molecule has 0 radical (unpaired) electrons. The summed E-state index contributed by atoms with van der Waals surface area (Å²) in [7, 11) is 1.94. The number of hydrogen-bond acceptors (Lipinski definition) is 2. The topological polar surface area (TPSA) is 39.8 Å². The van der Waals surface area contributed by atoms with Gasteiger partial charge in [0.25, 0.3) is 0 Å². The van der Waals surface area contributed by atoms with Gasteiger partial charge in [0, 0.05) is 54.6 Å². The van der Waals surface area contributed by atoms with Gasteiger partial charge >= 0.3 is 0 Å². The number of aldehydes is 1. The van der Waals surface area contributed by atoms with Gasteiger partial charge in [0.2, 0.25) is 0 Å². The third kappa shape index (κ3) is 2.05. The Bertz CT molecular complexity index is 724. The largest absolute Gasteiger partial charge is 0.346 e. The zero-order valence-corrected chi connectivity index (χ0v) is 10.8. The number of fused-ring (bicyclic) bond motifs is 1. The molecule has 0 spiro atoms. The van der Waals surface area contributed by atoms with Crippen molar-refractivity contribution in [1.29, 1.82) is 0 Å². The molecule has 0 N–H and O–H groups in total. The molecule has 0 amide bonds. The van der Waals surface area contributed by atoms with Crippen LogP contribution in [0.1, 0.15) is 16.1 Å². The molecule has 4 nitrogen and oxygen atoms in total. The molecular weight excluding hydrogens is 238 g/mol. The minimum absolute atomic E-state index is 0.751. The first kappa shape index (κ1) is 11.7. The SMILES string of the molecule is Cn1nccc1CCn1cc(C=O)c2ccccc21. The lowest BCUT2D eigenvalue weighted by atomic mass is 10.2. The number of benzene rings is 1. The van der Waals surface area contributed by atoms with E-state index in [0.717, 1.165) is 35.7 Å². The number of rotatable bonds is 4. The molecule has 0 fully saturated rings. The van der Waals surface area contributed by atoms with E-state index in [1.165, 1.54) is 5.69 Å². The molecule has 0 aliphatic rings. The fraction of sp³-hybridized carbons (Fsp3) is 0.200. The highest BCUT2D eigenvalue weighted by Crippen LogP contribution is 2.20. The number of para-hydroxylation sites is 1. The summed E-state index contributed by atoms with van der Waals surface area (Å²) in [6.07, 6.45) is 5.55. The van der Waals surface area contributed by atoms with Crippen LogP contribution in [-0.2, 0) is 20.0 Å². The second-order valence-electron chi connectivity index (χ2n) is 4.61. The molecule has 1 aromatic carbocycles. The fourth-order valence-corrected chi connectivity index (χ4v) is 2.44. The average Bonchev–Trinajstić information content (AvgIpc) is 3.00. The van der Waals surface area contributed by atoms with E-state index in [2.05, 4.69) is 9.67 Å². The maximum atomic E-state index is 11.1. The first-order valence-electron chi connectivity index (χ1n) is 6.29. The smallest absolute Gasteiger partial charge is 0.152 e. The summed E-state index contributed by atoms with van der Waals surface area (Å²) in [5.41, 5.74) is 3.04. The number of carbonyl (C=O) groups excluding carboxylic acids is 1. The van der Waals surface area contributed by atoms with Gasteiger partial charge in [0.15, 0.2) is 6.29 Å². The number of aryl methyl sites for hydroxylation is 3. The molecule has 2 aromatic heterocycles. The second kappa shape index (κ2) is 4.72. The molecule has 0 saturated heterocycles. The molecule has 0 aliphatic heterocycles. The highest BCUT2D eigenvalue weighted by molar-refractivity contribution is 5.97. The monoisotopic (exact) mass is 253 g/mol. The van der Waals surface area contributed by atoms with Crippen molar-refractivity contribution in [2.45, 2.75) is 13.0 Å². The van der Waals surface area contributed by atoms with E-state index in [0.29, 0.717) is 0 Å². The van der Waals surface area contributed by atoms with Crippen LogP contribution in [0.2, 0.25) is 0 Å². The second-order valence-corrected chi connectivity index (χ2v) is 4.61. The van der Waals surface area contributed by atoms with Crippen LogP contribution in [0.15, 0.2) is 42.7 Å². The molecule has 3 aromatic rings. The highest BCUT2D eigenvalue weighted by atomic mass is 16.1. The molecule has 19 heavy (non-hydrogen) atoms. The molecular formula is C15H15N3O. The van der Waals surface area contributed by atoms with Gasteiger partial charge in [0.05, 0.1) is 0 Å². The van der Waals surface area contributed by atoms with Crippen LogP contribution >= 0.6 is 0 Å². The number of carbonyl (C=O) groups is 1. The van der Waals surface area contributed by atoms with E-state index in [9.17, 15) is 4.79 Å². The van der Waals surface area contributed by atoms with Crippen molar-refractivity contribution in [1.82, 2.24) is 14.3 Å². The minimum atomic E-state index is 0.751. The summed E-state index contributed by atoms with van der Waals surface area (Å²) in [6, 6.07) is 10.0. The van der Waals surface area contributed by atoms with Gasteiger partial charge in [-0.2, -0.15) is 5.10 Å². The average molecular weight is 253 g/mol. The van der Waals surface area contributed by atoms with E-state index in [1.807, 2.05) is 48.3 Å². The predicted molar refractivity (Wildman–Crippen MR) is 74.2 cm³/mol. The van der Waals surface area contributed by atoms with Crippen LogP contribution in [-0.4, -0.2) is 20.6 Å². The van der Waals surface area contributed by atoms with Crippen LogP contribution in [0.5, 0.6) is 0 Å². The normalized spacial score (nSPS) is 11.0. The maximum Gasteiger partial charge on any atom is 0.152 e. The third-order valence-corrected chi connectivity index (χ3v) is 3.48. The van der Waals surface area contributed by atoms with Crippen molar-refractivity contribution in [3.8, 4) is 0 Å². The van der Waals surface area contributed by atoms with Gasteiger partial charge in [-0.1, -0.05) is 18.2 Å². The summed E-state index contributed by atoms with van der Waals surface area (Å²) in [5.74, 6) is 0. The Kier molecular flexibility index (Phi) is 2.91. The van der Waals surface area contributed by atoms with Crippen LogP contribution < -0.4 is 0 Å². The van der Waals surface area contributed by atoms with Crippen molar-refractivity contribution < 1.29 is 4.79 Å². The maximum absolute atomic E-state index is 11.1. The Morgan fingerprint density at radius 3 is 2.84 bits per heavy atom. The standard InChI is InChI=1S/C15H15N3O/c1-17-13(6-8-16-17)7-9-18-10-12(11-19)14-4-2-3-5-15(14)18/h2-6,8,10-11H,7,9H2,1H3. The van der Waals surface area contributed by atoms with E-state index in [1.54, 1.807) is 6.20 Å². The van der Waals surface area contributed by atoms with E-state index in [4.69, 9.17) is 0 Å². The van der Waals surface area contributed by atoms with Crippen LogP contribution in [0.25, 0.3) is 10.9 Å². The van der Waals surface area contributed by atoms with Gasteiger partial charge in [-0.15, -0.1) is 0 Å². The predicted octanol–water partition coefficient (Wildman–Crippen LogP) is 2.43. The van der Waals surface area contributed by atoms with E-state index < -0.39 is 0 Å². The number of nitrogens with zero attached hydrogens (tertiary/aromatic N) is 3. The van der Waals surface area contributed by atoms with Crippen molar-refractivity contribution in [3.05, 3.63) is 54.0 Å². The quantitative estimate of drug-likeness (QED) is 0.670. The fourth-order valence-electron chi connectivity index (χ4n) is 2.44. The zero-order valence-electron chi connectivity index (χ0n) is 10.8. The van der Waals surface area contributed by atoms with Crippen molar-refractivity contribution in [2.24, 2.45) is 7.05 Å². The summed E-state index contributed by atoms with van der Waals surface area (Å²) in [5, 5.41) is 5.18. The Balaban J connectivity index is 1.93. The molecule has 96 valence electrons. The van der Waals surface area contributed by atoms with Gasteiger partial charge in [0.1, 0.15) is 0 Å². The molecule has 0 unspecified atom stereocenters. The van der Waals surface area contributed by atoms with Crippen molar-refractivity contribution >= 4 is 17.2 Å². The summed E-state index contributed by atoms with van der Waals surface area (Å²) in [6.45, 7) is 0.841. The van der Waals surface area contributed by atoms with Crippen LogP contribution in [0.4, 0.5) is 0 Å². The Morgan fingerprint density at radius 2 is 2.11 bits per heavy atom. The third-order valence-electron chi connectivity index (χ3n) is 3.48. The lowest BCUT2D eigenvalue weighted by Crippen LogP contribution is -2.04. The van der Waals surface area contributed by atoms with Gasteiger partial charge < -0.3 is 4.57 Å². The van der Waals surface area contributed by atoms with Crippen molar-refractivity contribution in [2.75, 3.05) is 0 Å². The molecule has 2 heterocycles. The summed E-state index contributed by atoms with van der Waals surface area (Å²) < 4.78 is 4.01. The van der Waals surface area contributed by atoms with Crippen molar-refractivity contribution in [3.63, 3.8) is 0 Å². The lowest BCUT2D eigenvalue weighted by molar-refractivity contribution is 0.112. The first-order valence-corrected chi connectivity index (χ1v) is 6.29. The van der Waals surface area contributed by atoms with E-state index in [-0.39, 0.29) is 0 Å². The lowest BCUT2D eigenvalue weighted by Gasteiger charge is -2.05. The minimum Gasteiger partial charge on any atom is -0.346 e. The Labute approximate surface area is 111 Å². The Morgan fingerprint density at radius 1 is 1.26 bits per heavy atom. The Hall–Kier alpha value is -2.36. The van der Waals surface area contributed by atoms with Gasteiger partial charge in [-0.25, -0.2) is 0 Å². The first-order chi connectivity index (χ1) is 9.29. The van der Waals surface area contributed by atoms with Crippen LogP contribution in [0.3, 0.4) is 0 Å². The molecule has 0 bridgehead atoms. The molecule has 0 atom stereocenters. The molecule has 0 saturated carbocycles. The molecule has 4 heteroatoms. The molecule has 0 aliphatic carbocycles. The highest BCUT2D eigenvalue weighted by Gasteiger charge is 2.07. The van der Waals surface area contributed by atoms with Gasteiger partial charge in [-0.3, -0.25) is 9.48 Å². The summed E-state index contributed by atoms with van der Waals surface area (Å²) >= 11 is 0. The zero-order chi connectivity index (χ0) is 13.2. The number of aromatic nitrogens is 3. The van der Waals surface area contributed by atoms with Crippen LogP contribution in [0, 0.1) is 0 Å². The molecule has 3 rings (SSSR count).